The third kappa shape index (κ3) is 10.1. The van der Waals surface area contributed by atoms with Crippen LogP contribution in [-0.4, -0.2) is 36.3 Å². The molecule has 0 saturated heterocycles. The molecular formula is C29H52NO+. The maximum atomic E-state index is 11.4. The van der Waals surface area contributed by atoms with E-state index in [-0.39, 0.29) is 6.10 Å². The van der Waals surface area contributed by atoms with Gasteiger partial charge in [-0.3, -0.25) is 0 Å². The molecule has 2 unspecified atom stereocenters. The molecule has 2 heteroatoms. The molecule has 1 aromatic carbocycles. The minimum atomic E-state index is -0.360. The second-order valence-corrected chi connectivity index (χ2v) is 10.8. The lowest BCUT2D eigenvalue weighted by Gasteiger charge is -2.43. The summed E-state index contributed by atoms with van der Waals surface area (Å²) in [6, 6.07) is 10.7. The van der Waals surface area contributed by atoms with E-state index in [0.29, 0.717) is 6.04 Å². The van der Waals surface area contributed by atoms with Crippen molar-refractivity contribution >= 4 is 0 Å². The van der Waals surface area contributed by atoms with Crippen molar-refractivity contribution in [1.29, 1.82) is 0 Å². The Labute approximate surface area is 194 Å². The smallest absolute Gasteiger partial charge is 0.131 e. The lowest BCUT2D eigenvalue weighted by molar-refractivity contribution is -0.920. The van der Waals surface area contributed by atoms with Crippen LogP contribution in [0.15, 0.2) is 30.3 Å². The standard InChI is InChI=1S/C29H52NO/c1-4-5-6-7-8-9-10-11-12-19-24-30(2,3)28(25-26-20-15-13-16-21-26)29(31)27-22-17-14-18-23-27/h14,17-18,22-23,26,28-29,31H,4-13,15-16,19-21,24-25H2,1-3H3/q+1. The van der Waals surface area contributed by atoms with Gasteiger partial charge < -0.3 is 9.59 Å². The number of aliphatic hydroxyl groups excluding tert-OH is 1. The van der Waals surface area contributed by atoms with Gasteiger partial charge in [0.25, 0.3) is 0 Å². The number of hydrogen-bond acceptors (Lipinski definition) is 1. The molecule has 0 heterocycles. The van der Waals surface area contributed by atoms with E-state index >= 15 is 0 Å². The van der Waals surface area contributed by atoms with Crippen molar-refractivity contribution in [2.75, 3.05) is 20.6 Å². The van der Waals surface area contributed by atoms with E-state index in [1.807, 2.05) is 0 Å². The molecule has 1 N–H and O–H groups in total. The largest absolute Gasteiger partial charge is 0.382 e. The van der Waals surface area contributed by atoms with Crippen LogP contribution in [0.1, 0.15) is 121 Å². The molecule has 1 aliphatic rings. The van der Waals surface area contributed by atoms with E-state index < -0.39 is 0 Å². The van der Waals surface area contributed by atoms with Crippen LogP contribution in [0.4, 0.5) is 0 Å². The maximum absolute atomic E-state index is 11.4. The van der Waals surface area contributed by atoms with Crippen LogP contribution in [0, 0.1) is 5.92 Å². The van der Waals surface area contributed by atoms with Crippen molar-refractivity contribution in [3.63, 3.8) is 0 Å². The van der Waals surface area contributed by atoms with Crippen molar-refractivity contribution in [2.45, 2.75) is 122 Å². The molecule has 0 bridgehead atoms. The summed E-state index contributed by atoms with van der Waals surface area (Å²) < 4.78 is 0.948. The van der Waals surface area contributed by atoms with Crippen LogP contribution >= 0.6 is 0 Å². The number of rotatable bonds is 16. The van der Waals surface area contributed by atoms with E-state index in [9.17, 15) is 5.11 Å². The van der Waals surface area contributed by atoms with E-state index in [0.717, 1.165) is 16.0 Å². The minimum Gasteiger partial charge on any atom is -0.382 e. The van der Waals surface area contributed by atoms with Crippen molar-refractivity contribution in [3.8, 4) is 0 Å². The van der Waals surface area contributed by atoms with E-state index in [2.05, 4.69) is 51.4 Å². The first-order valence-electron chi connectivity index (χ1n) is 13.6. The highest BCUT2D eigenvalue weighted by Gasteiger charge is 2.37. The SMILES string of the molecule is CCCCCCCCCCCC[N+](C)(C)C(CC1CCCCC1)C(O)c1ccccc1. The summed E-state index contributed by atoms with van der Waals surface area (Å²) in [5.41, 5.74) is 1.09. The molecule has 1 aliphatic carbocycles. The fraction of sp³-hybridized carbons (Fsp3) is 0.793. The van der Waals surface area contributed by atoms with E-state index in [1.54, 1.807) is 0 Å². The highest BCUT2D eigenvalue weighted by Crippen LogP contribution is 2.35. The molecule has 1 saturated carbocycles. The van der Waals surface area contributed by atoms with Crippen molar-refractivity contribution in [1.82, 2.24) is 0 Å². The van der Waals surface area contributed by atoms with Gasteiger partial charge in [0.05, 0.1) is 20.6 Å². The molecule has 0 radical (unpaired) electrons. The minimum absolute atomic E-state index is 0.295. The quantitative estimate of drug-likeness (QED) is 0.208. The molecule has 0 spiro atoms. The van der Waals surface area contributed by atoms with Gasteiger partial charge in [0, 0.05) is 6.42 Å². The molecular weight excluding hydrogens is 378 g/mol. The predicted octanol–water partition coefficient (Wildman–Crippen LogP) is 8.06. The van der Waals surface area contributed by atoms with Crippen molar-refractivity contribution in [3.05, 3.63) is 35.9 Å². The molecule has 0 aliphatic heterocycles. The van der Waals surface area contributed by atoms with E-state index in [1.165, 1.54) is 109 Å². The first-order valence-corrected chi connectivity index (χ1v) is 13.6. The predicted molar refractivity (Wildman–Crippen MR) is 135 cm³/mol. The first-order chi connectivity index (χ1) is 15.0. The van der Waals surface area contributed by atoms with Crippen molar-refractivity contribution in [2.24, 2.45) is 5.92 Å². The van der Waals surface area contributed by atoms with Crippen LogP contribution in [0.25, 0.3) is 0 Å². The van der Waals surface area contributed by atoms with Crippen LogP contribution in [-0.2, 0) is 0 Å². The summed E-state index contributed by atoms with van der Waals surface area (Å²) in [5, 5.41) is 11.4. The number of aliphatic hydroxyl groups is 1. The number of hydrogen-bond donors (Lipinski definition) is 1. The highest BCUT2D eigenvalue weighted by molar-refractivity contribution is 5.18. The average Bonchev–Trinajstić information content (AvgIpc) is 2.79. The number of nitrogens with zero attached hydrogens (tertiary/aromatic N) is 1. The second kappa shape index (κ2) is 15.1. The number of likely N-dealkylation sites (N-methyl/N-ethyl adjacent to an activating group) is 1. The number of benzene rings is 1. The summed E-state index contributed by atoms with van der Waals surface area (Å²) >= 11 is 0. The van der Waals surface area contributed by atoms with Gasteiger partial charge in [0.1, 0.15) is 12.1 Å². The topological polar surface area (TPSA) is 20.2 Å². The molecule has 0 amide bonds. The summed E-state index contributed by atoms with van der Waals surface area (Å²) in [6.45, 7) is 3.47. The molecule has 2 rings (SSSR count). The van der Waals surface area contributed by atoms with Gasteiger partial charge in [-0.05, 0) is 24.3 Å². The van der Waals surface area contributed by atoms with Crippen LogP contribution in [0.2, 0.25) is 0 Å². The highest BCUT2D eigenvalue weighted by atomic mass is 16.3. The van der Waals surface area contributed by atoms with Gasteiger partial charge in [0.2, 0.25) is 0 Å². The molecule has 2 nitrogen and oxygen atoms in total. The second-order valence-electron chi connectivity index (χ2n) is 10.8. The Balaban J connectivity index is 1.81. The van der Waals surface area contributed by atoms with Gasteiger partial charge >= 0.3 is 0 Å². The third-order valence-electron chi connectivity index (χ3n) is 7.79. The average molecular weight is 431 g/mol. The summed E-state index contributed by atoms with van der Waals surface area (Å²) in [6.07, 6.45) is 21.5. The van der Waals surface area contributed by atoms with Gasteiger partial charge in [-0.25, -0.2) is 0 Å². The number of unbranched alkanes of at least 4 members (excludes halogenated alkanes) is 9. The van der Waals surface area contributed by atoms with Crippen LogP contribution in [0.5, 0.6) is 0 Å². The molecule has 0 aromatic heterocycles. The Bertz CT molecular complexity index is 549. The summed E-state index contributed by atoms with van der Waals surface area (Å²) in [7, 11) is 4.74. The Morgan fingerprint density at radius 1 is 0.806 bits per heavy atom. The van der Waals surface area contributed by atoms with Crippen LogP contribution < -0.4 is 0 Å². The molecule has 1 fully saturated rings. The first kappa shape index (κ1) is 26.4. The molecule has 178 valence electrons. The monoisotopic (exact) mass is 430 g/mol. The Morgan fingerprint density at radius 3 is 1.94 bits per heavy atom. The van der Waals surface area contributed by atoms with Gasteiger partial charge in [0.15, 0.2) is 0 Å². The third-order valence-corrected chi connectivity index (χ3v) is 7.79. The lowest BCUT2D eigenvalue weighted by atomic mass is 9.81. The maximum Gasteiger partial charge on any atom is 0.131 e. The zero-order valence-electron chi connectivity index (χ0n) is 21.0. The number of quaternary nitrogens is 1. The lowest BCUT2D eigenvalue weighted by Crippen LogP contribution is -2.53. The van der Waals surface area contributed by atoms with Gasteiger partial charge in [-0.2, -0.15) is 0 Å². The molecule has 31 heavy (non-hydrogen) atoms. The van der Waals surface area contributed by atoms with Crippen LogP contribution in [0.3, 0.4) is 0 Å². The van der Waals surface area contributed by atoms with E-state index in [4.69, 9.17) is 0 Å². The normalized spacial score (nSPS) is 17.5. The summed E-state index contributed by atoms with van der Waals surface area (Å²) in [4.78, 5) is 0. The fourth-order valence-electron chi connectivity index (χ4n) is 5.61. The molecule has 1 aromatic rings. The fourth-order valence-corrected chi connectivity index (χ4v) is 5.61. The van der Waals surface area contributed by atoms with Gasteiger partial charge in [-0.1, -0.05) is 121 Å². The zero-order valence-corrected chi connectivity index (χ0v) is 21.0. The Kier molecular flexibility index (Phi) is 12.8. The summed E-state index contributed by atoms with van der Waals surface area (Å²) in [5.74, 6) is 0.794. The Morgan fingerprint density at radius 2 is 1.35 bits per heavy atom. The van der Waals surface area contributed by atoms with Gasteiger partial charge in [-0.15, -0.1) is 0 Å². The Hall–Kier alpha value is -0.860. The van der Waals surface area contributed by atoms with Crippen molar-refractivity contribution < 1.29 is 9.59 Å². The zero-order chi connectivity index (χ0) is 22.4. The molecule has 2 atom stereocenters.